The molecule has 0 spiro atoms. The van der Waals surface area contributed by atoms with E-state index in [-0.39, 0.29) is 48.3 Å². The van der Waals surface area contributed by atoms with Crippen LogP contribution in [0.15, 0.2) is 24.5 Å². The lowest BCUT2D eigenvalue weighted by molar-refractivity contribution is -0.668. The molecule has 1 aromatic heterocycles. The third kappa shape index (κ3) is 4.03. The van der Waals surface area contributed by atoms with Gasteiger partial charge in [0, 0.05) is 30.8 Å². The van der Waals surface area contributed by atoms with Crippen molar-refractivity contribution >= 4 is 29.3 Å². The summed E-state index contributed by atoms with van der Waals surface area (Å²) in [5.74, 6) is 0.126. The Morgan fingerprint density at radius 2 is 1.96 bits per heavy atom. The fourth-order valence-corrected chi connectivity index (χ4v) is 3.21. The van der Waals surface area contributed by atoms with Crippen molar-refractivity contribution < 1.29 is 33.3 Å². The second kappa shape index (κ2) is 9.01. The molecule has 1 aromatic carbocycles. The summed E-state index contributed by atoms with van der Waals surface area (Å²) < 4.78 is 4.41. The first kappa shape index (κ1) is 21.2. The normalized spacial score (nSPS) is 15.0. The highest BCUT2D eigenvalue weighted by Gasteiger charge is 2.23. The number of fused-ring (bicyclic) bond motifs is 1. The summed E-state index contributed by atoms with van der Waals surface area (Å²) in [6.07, 6.45) is 3.92. The summed E-state index contributed by atoms with van der Waals surface area (Å²) in [5.41, 5.74) is 9.01. The van der Waals surface area contributed by atoms with Crippen molar-refractivity contribution in [1.29, 1.82) is 0 Å². The second-order valence-corrected chi connectivity index (χ2v) is 6.02. The minimum absolute atomic E-state index is 0. The summed E-state index contributed by atoms with van der Waals surface area (Å²) in [6, 6.07) is 6.29. The lowest BCUT2D eigenvalue weighted by Crippen LogP contribution is -3.00. The van der Waals surface area contributed by atoms with Gasteiger partial charge >= 0.3 is 0 Å². The molecular formula is C17H26ClIN4O. The van der Waals surface area contributed by atoms with Crippen LogP contribution in [0.5, 0.6) is 0 Å². The van der Waals surface area contributed by atoms with Gasteiger partial charge in [0.1, 0.15) is 0 Å². The molecule has 5 nitrogen and oxygen atoms in total. The Bertz CT molecular complexity index is 695. The lowest BCUT2D eigenvalue weighted by atomic mass is 10.0. The molecule has 0 radical (unpaired) electrons. The van der Waals surface area contributed by atoms with Gasteiger partial charge in [0.25, 0.3) is 5.91 Å². The summed E-state index contributed by atoms with van der Waals surface area (Å²) in [6.45, 7) is 7.62. The van der Waals surface area contributed by atoms with Crippen LogP contribution in [0.25, 0.3) is 11.0 Å². The first-order valence-corrected chi connectivity index (χ1v) is 8.21. The quantitative estimate of drug-likeness (QED) is 0.466. The van der Waals surface area contributed by atoms with Crippen molar-refractivity contribution in [3.8, 4) is 0 Å². The molecule has 0 unspecified atom stereocenters. The van der Waals surface area contributed by atoms with E-state index >= 15 is 0 Å². The van der Waals surface area contributed by atoms with E-state index in [1.165, 1.54) is 5.52 Å². The predicted octanol–water partition coefficient (Wildman–Crippen LogP) is -1.04. The van der Waals surface area contributed by atoms with Crippen molar-refractivity contribution in [2.75, 3.05) is 13.1 Å². The molecule has 0 aliphatic carbocycles. The summed E-state index contributed by atoms with van der Waals surface area (Å²) in [7, 11) is 0. The Kier molecular flexibility index (Phi) is 7.95. The van der Waals surface area contributed by atoms with E-state index < -0.39 is 0 Å². The highest BCUT2D eigenvalue weighted by atomic mass is 127. The van der Waals surface area contributed by atoms with Gasteiger partial charge in [0.05, 0.1) is 13.1 Å². The minimum Gasteiger partial charge on any atom is -1.00 e. The molecule has 2 aromatic rings. The molecule has 1 aliphatic heterocycles. The standard InChI is InChI=1S/C17H25N4O.ClH.HI/c1-3-19-12-20(4-2)16-11-13(5-6-15(16)19)17(22)21-9-7-14(18)8-10-21;;/h5-6,11-12,14H,3-4,7-10,18H2,1-2H3;2*1H/q+1;;/p-1. The molecule has 0 saturated carbocycles. The molecule has 2 N–H and O–H groups in total. The van der Waals surface area contributed by atoms with Crippen LogP contribution in [0.4, 0.5) is 0 Å². The number of nitrogens with two attached hydrogens (primary N) is 1. The SMILES string of the molecule is CCn1c[n+](CC)c2ccc(C(=O)N3CCC(N)CC3)cc21.Cl.[I-]. The molecule has 2 heterocycles. The van der Waals surface area contributed by atoms with Crippen LogP contribution in [0.2, 0.25) is 0 Å². The fourth-order valence-electron chi connectivity index (χ4n) is 3.21. The van der Waals surface area contributed by atoms with Crippen molar-refractivity contribution in [1.82, 2.24) is 9.47 Å². The summed E-state index contributed by atoms with van der Waals surface area (Å²) >= 11 is 0. The van der Waals surface area contributed by atoms with Gasteiger partial charge in [0.2, 0.25) is 6.33 Å². The molecule has 7 heteroatoms. The number of benzene rings is 1. The Balaban J connectivity index is 0.00000144. The molecule has 134 valence electrons. The van der Waals surface area contributed by atoms with E-state index in [4.69, 9.17) is 5.73 Å². The van der Waals surface area contributed by atoms with Crippen molar-refractivity contribution in [3.05, 3.63) is 30.1 Å². The molecule has 1 aliphatic rings. The third-order valence-corrected chi connectivity index (χ3v) is 4.63. The van der Waals surface area contributed by atoms with Gasteiger partial charge in [-0.2, -0.15) is 0 Å². The minimum atomic E-state index is 0. The van der Waals surface area contributed by atoms with E-state index in [1.807, 2.05) is 17.0 Å². The number of carbonyl (C=O) groups excluding carboxylic acids is 1. The van der Waals surface area contributed by atoms with E-state index in [1.54, 1.807) is 0 Å². The van der Waals surface area contributed by atoms with E-state index in [2.05, 4.69) is 35.4 Å². The van der Waals surface area contributed by atoms with Crippen molar-refractivity contribution in [2.24, 2.45) is 5.73 Å². The maximum absolute atomic E-state index is 12.7. The number of likely N-dealkylation sites (tertiary alicyclic amines) is 1. The highest BCUT2D eigenvalue weighted by Crippen LogP contribution is 2.18. The number of rotatable bonds is 3. The summed E-state index contributed by atoms with van der Waals surface area (Å²) in [5, 5.41) is 0. The topological polar surface area (TPSA) is 55.1 Å². The lowest BCUT2D eigenvalue weighted by Gasteiger charge is -2.30. The van der Waals surface area contributed by atoms with Crippen LogP contribution < -0.4 is 34.3 Å². The smallest absolute Gasteiger partial charge is 0.254 e. The maximum Gasteiger partial charge on any atom is 0.254 e. The number of hydrogen-bond acceptors (Lipinski definition) is 2. The number of aryl methyl sites for hydroxylation is 2. The van der Waals surface area contributed by atoms with Gasteiger partial charge in [-0.3, -0.25) is 4.79 Å². The van der Waals surface area contributed by atoms with Gasteiger partial charge in [-0.1, -0.05) is 0 Å². The van der Waals surface area contributed by atoms with Crippen LogP contribution in [-0.4, -0.2) is 34.5 Å². The molecule has 1 amide bonds. The molecular weight excluding hydrogens is 439 g/mol. The molecule has 0 bridgehead atoms. The van der Waals surface area contributed by atoms with Gasteiger partial charge in [0.15, 0.2) is 11.0 Å². The number of carbonyl (C=O) groups is 1. The van der Waals surface area contributed by atoms with Crippen molar-refractivity contribution in [2.45, 2.75) is 45.8 Å². The van der Waals surface area contributed by atoms with Gasteiger partial charge in [-0.25, -0.2) is 9.13 Å². The zero-order valence-corrected chi connectivity index (χ0v) is 17.2. The number of nitrogens with zero attached hydrogens (tertiary/aromatic N) is 3. The second-order valence-electron chi connectivity index (χ2n) is 6.02. The zero-order chi connectivity index (χ0) is 15.7. The molecule has 24 heavy (non-hydrogen) atoms. The fraction of sp³-hybridized carbons (Fsp3) is 0.529. The third-order valence-electron chi connectivity index (χ3n) is 4.63. The van der Waals surface area contributed by atoms with E-state index in [9.17, 15) is 4.79 Å². The number of hydrogen-bond donors (Lipinski definition) is 1. The van der Waals surface area contributed by atoms with Gasteiger partial charge < -0.3 is 34.6 Å². The van der Waals surface area contributed by atoms with E-state index in [0.29, 0.717) is 0 Å². The Hall–Kier alpha value is -0.860. The average Bonchev–Trinajstić information content (AvgIpc) is 2.92. The molecule has 0 atom stereocenters. The highest BCUT2D eigenvalue weighted by molar-refractivity contribution is 5.97. The molecule has 1 saturated heterocycles. The van der Waals surface area contributed by atoms with Gasteiger partial charge in [-0.05, 0) is 38.8 Å². The Morgan fingerprint density at radius 1 is 1.29 bits per heavy atom. The number of imidazole rings is 1. The van der Waals surface area contributed by atoms with Crippen LogP contribution in [0.1, 0.15) is 37.0 Å². The monoisotopic (exact) mass is 464 g/mol. The van der Waals surface area contributed by atoms with Crippen molar-refractivity contribution in [3.63, 3.8) is 0 Å². The predicted molar refractivity (Wildman–Crippen MR) is 93.8 cm³/mol. The largest absolute Gasteiger partial charge is 1.00 e. The Morgan fingerprint density at radius 3 is 2.54 bits per heavy atom. The average molecular weight is 465 g/mol. The number of halogens is 2. The number of piperidine rings is 1. The van der Waals surface area contributed by atoms with Crippen LogP contribution in [0, 0.1) is 0 Å². The van der Waals surface area contributed by atoms with Gasteiger partial charge in [-0.15, -0.1) is 12.4 Å². The van der Waals surface area contributed by atoms with E-state index in [0.717, 1.165) is 50.1 Å². The number of aromatic nitrogens is 2. The van der Waals surface area contributed by atoms with Crippen LogP contribution in [0.3, 0.4) is 0 Å². The van der Waals surface area contributed by atoms with Crippen LogP contribution in [-0.2, 0) is 13.1 Å². The summed E-state index contributed by atoms with van der Waals surface area (Å²) in [4.78, 5) is 14.6. The molecule has 1 fully saturated rings. The zero-order valence-electron chi connectivity index (χ0n) is 14.2. The first-order valence-electron chi connectivity index (χ1n) is 8.21. The first-order chi connectivity index (χ1) is 10.6. The van der Waals surface area contributed by atoms with Crippen LogP contribution >= 0.6 is 12.4 Å². The Labute approximate surface area is 166 Å². The number of amides is 1. The molecule has 3 rings (SSSR count). The maximum atomic E-state index is 12.7.